The van der Waals surface area contributed by atoms with Gasteiger partial charge < -0.3 is 9.47 Å². The first-order valence-corrected chi connectivity index (χ1v) is 8.69. The largest absolute Gasteiger partial charge is 0.459 e. The zero-order valence-electron chi connectivity index (χ0n) is 14.4. The third-order valence-electron chi connectivity index (χ3n) is 4.56. The lowest BCUT2D eigenvalue weighted by Gasteiger charge is -2.34. The van der Waals surface area contributed by atoms with E-state index in [2.05, 4.69) is 0 Å². The summed E-state index contributed by atoms with van der Waals surface area (Å²) in [7, 11) is 0. The number of rotatable bonds is 8. The average molecular weight is 355 g/mol. The van der Waals surface area contributed by atoms with Crippen LogP contribution in [0.25, 0.3) is 0 Å². The number of ether oxygens (including phenoxy) is 2. The first-order valence-electron chi connectivity index (χ1n) is 8.69. The summed E-state index contributed by atoms with van der Waals surface area (Å²) < 4.78 is 11.1. The predicted octanol–water partition coefficient (Wildman–Crippen LogP) is 4.14. The van der Waals surface area contributed by atoms with E-state index in [1.807, 2.05) is 30.3 Å². The molecule has 0 aromatic heterocycles. The Labute approximate surface area is 151 Å². The van der Waals surface area contributed by atoms with Gasteiger partial charge in [-0.15, -0.1) is 0 Å². The van der Waals surface area contributed by atoms with Gasteiger partial charge in [0.25, 0.3) is 5.69 Å². The molecule has 3 rings (SSSR count). The van der Waals surface area contributed by atoms with Crippen molar-refractivity contribution < 1.29 is 19.2 Å². The minimum Gasteiger partial charge on any atom is -0.459 e. The van der Waals surface area contributed by atoms with Gasteiger partial charge in [-0.05, 0) is 42.9 Å². The summed E-state index contributed by atoms with van der Waals surface area (Å²) in [5, 5.41) is 10.6. The van der Waals surface area contributed by atoms with Gasteiger partial charge in [0.2, 0.25) is 0 Å². The molecule has 0 spiro atoms. The molecule has 136 valence electrons. The molecule has 6 nitrogen and oxygen atoms in total. The zero-order chi connectivity index (χ0) is 18.4. The van der Waals surface area contributed by atoms with Crippen molar-refractivity contribution in [2.45, 2.75) is 32.0 Å². The van der Waals surface area contributed by atoms with Crippen molar-refractivity contribution >= 4 is 11.7 Å². The number of carbonyl (C=O) groups excluding carboxylic acids is 1. The van der Waals surface area contributed by atoms with E-state index >= 15 is 0 Å². The molecule has 1 aliphatic rings. The maximum Gasteiger partial charge on any atom is 0.338 e. The molecule has 0 heterocycles. The summed E-state index contributed by atoms with van der Waals surface area (Å²) in [5.74, 6) is 0.0871. The maximum absolute atomic E-state index is 12.0. The zero-order valence-corrected chi connectivity index (χ0v) is 14.4. The van der Waals surface area contributed by atoms with Crippen molar-refractivity contribution in [3.63, 3.8) is 0 Å². The molecule has 1 aliphatic carbocycles. The van der Waals surface area contributed by atoms with Crippen LogP contribution in [0.5, 0.6) is 0 Å². The van der Waals surface area contributed by atoms with E-state index in [1.54, 1.807) is 0 Å². The minimum absolute atomic E-state index is 0.0410. The Kier molecular flexibility index (Phi) is 5.96. The summed E-state index contributed by atoms with van der Waals surface area (Å²) in [6.07, 6.45) is 2.57. The minimum atomic E-state index is -0.495. The average Bonchev–Trinajstić information content (AvgIpc) is 2.63. The van der Waals surface area contributed by atoms with Crippen LogP contribution in [0.4, 0.5) is 5.69 Å². The second-order valence-corrected chi connectivity index (χ2v) is 6.50. The van der Waals surface area contributed by atoms with Crippen molar-refractivity contribution in [1.82, 2.24) is 0 Å². The molecular formula is C20H21NO5. The number of hydrogen-bond donors (Lipinski definition) is 0. The lowest BCUT2D eigenvalue weighted by molar-refractivity contribution is -0.384. The van der Waals surface area contributed by atoms with E-state index in [-0.39, 0.29) is 11.8 Å². The molecule has 1 fully saturated rings. The van der Waals surface area contributed by atoms with Gasteiger partial charge in [-0.2, -0.15) is 0 Å². The molecule has 0 saturated heterocycles. The molecule has 0 N–H and O–H groups in total. The fourth-order valence-corrected chi connectivity index (χ4v) is 2.96. The monoisotopic (exact) mass is 355 g/mol. The van der Waals surface area contributed by atoms with E-state index in [4.69, 9.17) is 9.47 Å². The van der Waals surface area contributed by atoms with Crippen LogP contribution >= 0.6 is 0 Å². The van der Waals surface area contributed by atoms with Crippen LogP contribution in [-0.4, -0.2) is 23.6 Å². The first kappa shape index (κ1) is 18.1. The van der Waals surface area contributed by atoms with Gasteiger partial charge in [-0.1, -0.05) is 30.3 Å². The number of carbonyl (C=O) groups is 1. The number of nitro groups is 1. The summed E-state index contributed by atoms with van der Waals surface area (Å²) in [5.41, 5.74) is 1.46. The first-order chi connectivity index (χ1) is 12.6. The second-order valence-electron chi connectivity index (χ2n) is 6.50. The van der Waals surface area contributed by atoms with Crippen LogP contribution in [0.2, 0.25) is 0 Å². The third kappa shape index (κ3) is 4.89. The maximum atomic E-state index is 12.0. The standard InChI is InChI=1S/C20H21NO5/c22-20(17-6-8-18(9-7-17)21(23)24)26-19-12-16(13-19)10-11-25-14-15-4-2-1-3-5-15/h1-9,16,19H,10-14H2. The number of nitrogens with zero attached hydrogens (tertiary/aromatic N) is 1. The topological polar surface area (TPSA) is 78.7 Å². The van der Waals surface area contributed by atoms with Gasteiger partial charge in [0, 0.05) is 18.7 Å². The van der Waals surface area contributed by atoms with Gasteiger partial charge >= 0.3 is 5.97 Å². The fraction of sp³-hybridized carbons (Fsp3) is 0.350. The van der Waals surface area contributed by atoms with Gasteiger partial charge in [-0.3, -0.25) is 10.1 Å². The molecular weight excluding hydrogens is 334 g/mol. The van der Waals surface area contributed by atoms with E-state index in [1.165, 1.54) is 24.3 Å². The Morgan fingerprint density at radius 3 is 2.42 bits per heavy atom. The third-order valence-corrected chi connectivity index (χ3v) is 4.56. The quantitative estimate of drug-likeness (QED) is 0.308. The van der Waals surface area contributed by atoms with Crippen LogP contribution in [0.1, 0.15) is 35.2 Å². The SMILES string of the molecule is O=C(OC1CC(CCOCc2ccccc2)C1)c1ccc([N+](=O)[O-])cc1. The highest BCUT2D eigenvalue weighted by Gasteiger charge is 2.32. The predicted molar refractivity (Wildman–Crippen MR) is 95.7 cm³/mol. The molecule has 26 heavy (non-hydrogen) atoms. The molecule has 0 radical (unpaired) electrons. The molecule has 0 atom stereocenters. The molecule has 0 amide bonds. The normalized spacial score (nSPS) is 18.8. The van der Waals surface area contributed by atoms with Crippen molar-refractivity contribution in [2.75, 3.05) is 6.61 Å². The van der Waals surface area contributed by atoms with Gasteiger partial charge in [-0.25, -0.2) is 4.79 Å². The van der Waals surface area contributed by atoms with Crippen LogP contribution in [0, 0.1) is 16.0 Å². The molecule has 0 unspecified atom stereocenters. The van der Waals surface area contributed by atoms with Crippen molar-refractivity contribution in [2.24, 2.45) is 5.92 Å². The Hall–Kier alpha value is -2.73. The van der Waals surface area contributed by atoms with Crippen LogP contribution in [0.3, 0.4) is 0 Å². The van der Waals surface area contributed by atoms with Gasteiger partial charge in [0.1, 0.15) is 6.10 Å². The number of hydrogen-bond acceptors (Lipinski definition) is 5. The highest BCUT2D eigenvalue weighted by atomic mass is 16.6. The summed E-state index contributed by atoms with van der Waals surface area (Å²) in [6.45, 7) is 1.31. The van der Waals surface area contributed by atoms with Gasteiger partial charge in [0.15, 0.2) is 0 Å². The Balaban J connectivity index is 1.32. The molecule has 2 aromatic rings. The summed E-state index contributed by atoms with van der Waals surface area (Å²) in [4.78, 5) is 22.2. The van der Waals surface area contributed by atoms with Crippen LogP contribution in [0.15, 0.2) is 54.6 Å². The highest BCUT2D eigenvalue weighted by Crippen LogP contribution is 2.33. The number of non-ortho nitro benzene ring substituents is 1. The van der Waals surface area contributed by atoms with Crippen molar-refractivity contribution in [3.05, 3.63) is 75.8 Å². The smallest absolute Gasteiger partial charge is 0.338 e. The van der Waals surface area contributed by atoms with E-state index in [0.29, 0.717) is 24.7 Å². The Morgan fingerprint density at radius 1 is 1.08 bits per heavy atom. The molecule has 1 saturated carbocycles. The molecule has 0 aliphatic heterocycles. The van der Waals surface area contributed by atoms with E-state index < -0.39 is 10.9 Å². The van der Waals surface area contributed by atoms with Crippen LogP contribution in [-0.2, 0) is 16.1 Å². The fourth-order valence-electron chi connectivity index (χ4n) is 2.96. The number of esters is 1. The van der Waals surface area contributed by atoms with Crippen molar-refractivity contribution in [1.29, 1.82) is 0 Å². The molecule has 2 aromatic carbocycles. The second kappa shape index (κ2) is 8.58. The Bertz CT molecular complexity index is 739. The van der Waals surface area contributed by atoms with Gasteiger partial charge in [0.05, 0.1) is 17.1 Å². The summed E-state index contributed by atoms with van der Waals surface area (Å²) >= 11 is 0. The lowest BCUT2D eigenvalue weighted by Crippen LogP contribution is -2.33. The highest BCUT2D eigenvalue weighted by molar-refractivity contribution is 5.89. The van der Waals surface area contributed by atoms with E-state index in [0.717, 1.165) is 24.8 Å². The van der Waals surface area contributed by atoms with E-state index in [9.17, 15) is 14.9 Å². The molecule has 6 heteroatoms. The number of nitro benzene ring substituents is 1. The number of benzene rings is 2. The summed E-state index contributed by atoms with van der Waals surface area (Å²) in [6, 6.07) is 15.5. The van der Waals surface area contributed by atoms with Crippen molar-refractivity contribution in [3.8, 4) is 0 Å². The Morgan fingerprint density at radius 2 is 1.77 bits per heavy atom. The molecule has 0 bridgehead atoms. The lowest BCUT2D eigenvalue weighted by atomic mass is 9.80. The van der Waals surface area contributed by atoms with Crippen LogP contribution < -0.4 is 0 Å².